The zero-order chi connectivity index (χ0) is 14.5. The van der Waals surface area contributed by atoms with E-state index in [1.807, 2.05) is 0 Å². The molecule has 0 radical (unpaired) electrons. The van der Waals surface area contributed by atoms with E-state index in [1.165, 1.54) is 10.5 Å². The molecule has 112 valence electrons. The third-order valence-corrected chi connectivity index (χ3v) is 4.87. The Hall–Kier alpha value is -0.710. The first-order chi connectivity index (χ1) is 9.63. The van der Waals surface area contributed by atoms with Crippen LogP contribution < -0.4 is 10.1 Å². The second-order valence-corrected chi connectivity index (χ2v) is 6.36. The molecule has 2 N–H and O–H groups in total. The lowest BCUT2D eigenvalue weighted by molar-refractivity contribution is 0.114. The van der Waals surface area contributed by atoms with E-state index in [-0.39, 0.29) is 6.10 Å². The first-order valence-electron chi connectivity index (χ1n) is 7.30. The maximum Gasteiger partial charge on any atom is 0.132 e. The minimum absolute atomic E-state index is 0.0932. The van der Waals surface area contributed by atoms with Gasteiger partial charge >= 0.3 is 0 Å². The number of methoxy groups -OCH3 is 1. The predicted molar refractivity (Wildman–Crippen MR) is 84.6 cm³/mol. The molecule has 1 fully saturated rings. The van der Waals surface area contributed by atoms with Crippen molar-refractivity contribution in [2.45, 2.75) is 55.7 Å². The zero-order valence-electron chi connectivity index (χ0n) is 12.6. The number of aliphatic hydroxyl groups is 1. The van der Waals surface area contributed by atoms with Gasteiger partial charge in [-0.3, -0.25) is 0 Å². The summed E-state index contributed by atoms with van der Waals surface area (Å²) in [5.41, 5.74) is 1.26. The maximum atomic E-state index is 9.56. The van der Waals surface area contributed by atoms with Crippen molar-refractivity contribution in [3.8, 4) is 5.75 Å². The molecule has 20 heavy (non-hydrogen) atoms. The van der Waals surface area contributed by atoms with Crippen molar-refractivity contribution in [3.63, 3.8) is 0 Å². The molecule has 0 spiro atoms. The molecule has 0 saturated heterocycles. The molecule has 0 aromatic heterocycles. The molecule has 1 atom stereocenters. The van der Waals surface area contributed by atoms with Gasteiger partial charge in [0.1, 0.15) is 5.75 Å². The molecule has 0 aliphatic heterocycles. The summed E-state index contributed by atoms with van der Waals surface area (Å²) >= 11 is 1.70. The molecule has 4 heteroatoms. The first-order valence-corrected chi connectivity index (χ1v) is 8.52. The minimum Gasteiger partial charge on any atom is -0.496 e. The van der Waals surface area contributed by atoms with Crippen molar-refractivity contribution in [1.82, 2.24) is 5.32 Å². The lowest BCUT2D eigenvalue weighted by atomic mass is 9.92. The van der Waals surface area contributed by atoms with Crippen LogP contribution in [-0.4, -0.2) is 30.6 Å². The van der Waals surface area contributed by atoms with Gasteiger partial charge in [0.2, 0.25) is 0 Å². The Balaban J connectivity index is 2.00. The van der Waals surface area contributed by atoms with Crippen molar-refractivity contribution in [2.75, 3.05) is 13.4 Å². The van der Waals surface area contributed by atoms with Gasteiger partial charge < -0.3 is 15.2 Å². The Labute approximate surface area is 126 Å². The van der Waals surface area contributed by atoms with Crippen LogP contribution in [-0.2, 0) is 0 Å². The van der Waals surface area contributed by atoms with Crippen LogP contribution in [0.1, 0.15) is 44.2 Å². The average Bonchev–Trinajstić information content (AvgIpc) is 2.48. The van der Waals surface area contributed by atoms with Gasteiger partial charge in [-0.1, -0.05) is 6.07 Å². The van der Waals surface area contributed by atoms with Gasteiger partial charge in [-0.15, -0.1) is 11.8 Å². The van der Waals surface area contributed by atoms with Crippen LogP contribution in [0.5, 0.6) is 5.75 Å². The lowest BCUT2D eigenvalue weighted by Gasteiger charge is -2.29. The van der Waals surface area contributed by atoms with Gasteiger partial charge in [-0.05, 0) is 56.6 Å². The van der Waals surface area contributed by atoms with E-state index in [9.17, 15) is 5.11 Å². The minimum atomic E-state index is -0.0932. The quantitative estimate of drug-likeness (QED) is 0.817. The normalized spacial score (nSPS) is 24.4. The van der Waals surface area contributed by atoms with Gasteiger partial charge in [0, 0.05) is 17.0 Å². The van der Waals surface area contributed by atoms with Crippen LogP contribution in [0, 0.1) is 0 Å². The Bertz CT molecular complexity index is 430. The second-order valence-electron chi connectivity index (χ2n) is 5.51. The fourth-order valence-corrected chi connectivity index (χ4v) is 3.36. The summed E-state index contributed by atoms with van der Waals surface area (Å²) < 4.78 is 5.45. The van der Waals surface area contributed by atoms with Crippen LogP contribution in [0.2, 0.25) is 0 Å². The van der Waals surface area contributed by atoms with E-state index < -0.39 is 0 Å². The summed E-state index contributed by atoms with van der Waals surface area (Å²) in [6.07, 6.45) is 5.92. The average molecular weight is 295 g/mol. The highest BCUT2D eigenvalue weighted by atomic mass is 32.2. The monoisotopic (exact) mass is 295 g/mol. The largest absolute Gasteiger partial charge is 0.496 e. The molecule has 1 aliphatic rings. The highest BCUT2D eigenvalue weighted by Gasteiger charge is 2.21. The number of nitrogens with one attached hydrogen (secondary N) is 1. The highest BCUT2D eigenvalue weighted by Crippen LogP contribution is 2.31. The fraction of sp³-hybridized carbons (Fsp3) is 0.625. The number of ether oxygens (including phenoxy) is 1. The van der Waals surface area contributed by atoms with Gasteiger partial charge in [0.05, 0.1) is 13.2 Å². The molecule has 0 amide bonds. The topological polar surface area (TPSA) is 41.5 Å². The van der Waals surface area contributed by atoms with Crippen LogP contribution in [0.3, 0.4) is 0 Å². The Morgan fingerprint density at radius 1 is 1.30 bits per heavy atom. The molecule has 1 aliphatic carbocycles. The van der Waals surface area contributed by atoms with Crippen LogP contribution in [0.4, 0.5) is 0 Å². The van der Waals surface area contributed by atoms with E-state index in [0.717, 1.165) is 31.4 Å². The summed E-state index contributed by atoms with van der Waals surface area (Å²) in [5, 5.41) is 13.2. The molecular weight excluding hydrogens is 270 g/mol. The molecule has 2 rings (SSSR count). The Morgan fingerprint density at radius 2 is 2.00 bits per heavy atom. The summed E-state index contributed by atoms with van der Waals surface area (Å²) in [4.78, 5) is 1.17. The molecule has 3 nitrogen and oxygen atoms in total. The lowest BCUT2D eigenvalue weighted by Crippen LogP contribution is -2.36. The molecule has 1 unspecified atom stereocenters. The van der Waals surface area contributed by atoms with E-state index >= 15 is 0 Å². The third kappa shape index (κ3) is 3.90. The van der Waals surface area contributed by atoms with Crippen molar-refractivity contribution in [1.29, 1.82) is 0 Å². The van der Waals surface area contributed by atoms with Gasteiger partial charge in [-0.2, -0.15) is 0 Å². The number of hydrogen-bond donors (Lipinski definition) is 2. The molecule has 1 aromatic rings. The molecule has 0 heterocycles. The Morgan fingerprint density at radius 3 is 2.60 bits per heavy atom. The smallest absolute Gasteiger partial charge is 0.132 e. The maximum absolute atomic E-state index is 9.56. The van der Waals surface area contributed by atoms with Crippen LogP contribution in [0.15, 0.2) is 23.1 Å². The zero-order valence-corrected chi connectivity index (χ0v) is 13.4. The molecule has 1 saturated carbocycles. The highest BCUT2D eigenvalue weighted by molar-refractivity contribution is 7.98. The van der Waals surface area contributed by atoms with Crippen molar-refractivity contribution in [2.24, 2.45) is 0 Å². The van der Waals surface area contributed by atoms with E-state index in [2.05, 4.69) is 36.7 Å². The summed E-state index contributed by atoms with van der Waals surface area (Å²) in [6.45, 7) is 2.19. The van der Waals surface area contributed by atoms with Gasteiger partial charge in [0.25, 0.3) is 0 Å². The number of aliphatic hydroxyl groups excluding tert-OH is 1. The summed E-state index contributed by atoms with van der Waals surface area (Å²) in [7, 11) is 1.72. The SMILES string of the molecule is COc1cc(C(C)NC2CCC(O)CC2)ccc1SC. The van der Waals surface area contributed by atoms with E-state index in [1.54, 1.807) is 18.9 Å². The third-order valence-electron chi connectivity index (χ3n) is 4.09. The number of rotatable bonds is 5. The van der Waals surface area contributed by atoms with E-state index in [0.29, 0.717) is 12.1 Å². The predicted octanol–water partition coefficient (Wildman–Crippen LogP) is 3.37. The first kappa shape index (κ1) is 15.7. The molecular formula is C16H25NO2S. The standard InChI is InChI=1S/C16H25NO2S/c1-11(17-13-5-7-14(18)8-6-13)12-4-9-16(20-3)15(10-12)19-2/h4,9-11,13-14,17-18H,5-8H2,1-3H3. The summed E-state index contributed by atoms with van der Waals surface area (Å²) in [6, 6.07) is 7.24. The van der Waals surface area contributed by atoms with Gasteiger partial charge in [0.15, 0.2) is 0 Å². The number of thioether (sulfide) groups is 1. The summed E-state index contributed by atoms with van der Waals surface area (Å²) in [5.74, 6) is 0.947. The van der Waals surface area contributed by atoms with Crippen molar-refractivity contribution >= 4 is 11.8 Å². The number of benzene rings is 1. The fourth-order valence-electron chi connectivity index (χ4n) is 2.81. The van der Waals surface area contributed by atoms with Crippen molar-refractivity contribution in [3.05, 3.63) is 23.8 Å². The molecule has 0 bridgehead atoms. The second kappa shape index (κ2) is 7.34. The van der Waals surface area contributed by atoms with Crippen LogP contribution in [0.25, 0.3) is 0 Å². The van der Waals surface area contributed by atoms with Crippen LogP contribution >= 0.6 is 11.8 Å². The molecule has 1 aromatic carbocycles. The number of hydrogen-bond acceptors (Lipinski definition) is 4. The van der Waals surface area contributed by atoms with Gasteiger partial charge in [-0.25, -0.2) is 0 Å². The Kier molecular flexibility index (Phi) is 5.75. The van der Waals surface area contributed by atoms with Crippen molar-refractivity contribution < 1.29 is 9.84 Å². The van der Waals surface area contributed by atoms with E-state index in [4.69, 9.17) is 4.74 Å².